The molecule has 0 bridgehead atoms. The summed E-state index contributed by atoms with van der Waals surface area (Å²) in [6.45, 7) is 4.60. The smallest absolute Gasteiger partial charge is 0.251 e. The summed E-state index contributed by atoms with van der Waals surface area (Å²) in [5, 5.41) is 4.50. The van der Waals surface area contributed by atoms with E-state index in [9.17, 15) is 8.78 Å². The first-order valence-corrected chi connectivity index (χ1v) is 13.2. The highest BCUT2D eigenvalue weighted by molar-refractivity contribution is 9.10. The van der Waals surface area contributed by atoms with Gasteiger partial charge in [-0.15, -0.1) is 0 Å². The van der Waals surface area contributed by atoms with Crippen molar-refractivity contribution in [3.63, 3.8) is 0 Å². The van der Waals surface area contributed by atoms with Gasteiger partial charge in [-0.2, -0.15) is 0 Å². The summed E-state index contributed by atoms with van der Waals surface area (Å²) in [6, 6.07) is 8.08. The molecule has 2 saturated heterocycles. The molecule has 2 aromatic heterocycles. The van der Waals surface area contributed by atoms with Gasteiger partial charge in [0.15, 0.2) is 0 Å². The lowest BCUT2D eigenvalue weighted by Gasteiger charge is -2.35. The van der Waals surface area contributed by atoms with Crippen molar-refractivity contribution in [1.82, 2.24) is 15.0 Å². The van der Waals surface area contributed by atoms with E-state index in [1.165, 1.54) is 25.7 Å². The molecule has 1 N–H and O–H groups in total. The minimum absolute atomic E-state index is 0.142. The molecule has 2 aliphatic heterocycles. The van der Waals surface area contributed by atoms with Crippen molar-refractivity contribution in [2.24, 2.45) is 5.41 Å². The van der Waals surface area contributed by atoms with Crippen LogP contribution < -0.4 is 15.1 Å². The Bertz CT molecular complexity index is 1260. The molecule has 3 aliphatic rings. The SMILES string of the molecule is Cc1cc(Nc2ncnc3cc(Br)cc(N4CCC5(CC4)CC5)c23)cc(N2CCC(F)(F)CC2)n1. The minimum Gasteiger partial charge on any atom is -0.371 e. The number of hydrogen-bond donors (Lipinski definition) is 1. The number of nitrogens with zero attached hydrogens (tertiary/aromatic N) is 5. The maximum absolute atomic E-state index is 13.7. The molecule has 0 amide bonds. The standard InChI is InChI=1S/C26H29BrF2N6/c1-17-12-19(15-22(32-17)35-10-6-26(28,29)7-11-35)33-24-23-20(30-16-31-24)13-18(27)14-21(23)34-8-4-25(2-3-25)5-9-34/h12-16H,2-11H2,1H3,(H,30,31,32,33). The van der Waals surface area contributed by atoms with Gasteiger partial charge >= 0.3 is 0 Å². The van der Waals surface area contributed by atoms with Crippen molar-refractivity contribution in [3.05, 3.63) is 40.8 Å². The molecule has 9 heteroatoms. The number of fused-ring (bicyclic) bond motifs is 1. The van der Waals surface area contributed by atoms with Gasteiger partial charge in [0.25, 0.3) is 5.92 Å². The number of benzene rings is 1. The second-order valence-corrected chi connectivity index (χ2v) is 11.3. The Morgan fingerprint density at radius 2 is 1.60 bits per heavy atom. The van der Waals surface area contributed by atoms with Gasteiger partial charge in [0.05, 0.1) is 16.6 Å². The van der Waals surface area contributed by atoms with E-state index in [4.69, 9.17) is 0 Å². The molecule has 1 aromatic carbocycles. The Morgan fingerprint density at radius 1 is 0.886 bits per heavy atom. The van der Waals surface area contributed by atoms with Gasteiger partial charge in [0, 0.05) is 60.9 Å². The molecule has 0 atom stereocenters. The van der Waals surface area contributed by atoms with E-state index in [0.29, 0.717) is 18.5 Å². The van der Waals surface area contributed by atoms with Crippen LogP contribution in [0.2, 0.25) is 0 Å². The fourth-order valence-corrected chi connectivity index (χ4v) is 5.90. The Hall–Kier alpha value is -2.55. The lowest BCUT2D eigenvalue weighted by molar-refractivity contribution is -0.0221. The van der Waals surface area contributed by atoms with Crippen LogP contribution in [0, 0.1) is 12.3 Å². The van der Waals surface area contributed by atoms with Gasteiger partial charge in [0.1, 0.15) is 18.0 Å². The van der Waals surface area contributed by atoms with Crippen LogP contribution in [0.4, 0.5) is 31.8 Å². The number of rotatable bonds is 4. The first-order chi connectivity index (χ1) is 16.8. The Labute approximate surface area is 212 Å². The molecule has 1 spiro atoms. The molecule has 1 saturated carbocycles. The highest BCUT2D eigenvalue weighted by Crippen LogP contribution is 2.54. The molecule has 3 fully saturated rings. The third kappa shape index (κ3) is 4.67. The van der Waals surface area contributed by atoms with E-state index in [0.717, 1.165) is 57.2 Å². The largest absolute Gasteiger partial charge is 0.371 e. The monoisotopic (exact) mass is 542 g/mol. The fraction of sp³-hybridized carbons (Fsp3) is 0.500. The van der Waals surface area contributed by atoms with E-state index in [1.54, 1.807) is 6.33 Å². The van der Waals surface area contributed by atoms with E-state index in [1.807, 2.05) is 30.0 Å². The van der Waals surface area contributed by atoms with Crippen LogP contribution in [0.15, 0.2) is 35.1 Å². The van der Waals surface area contributed by atoms with Gasteiger partial charge in [-0.05, 0) is 56.2 Å². The van der Waals surface area contributed by atoms with Crippen molar-refractivity contribution in [3.8, 4) is 0 Å². The van der Waals surface area contributed by atoms with E-state index in [2.05, 4.69) is 47.2 Å². The number of nitrogens with one attached hydrogen (secondary N) is 1. The molecule has 0 unspecified atom stereocenters. The molecular weight excluding hydrogens is 514 g/mol. The number of aryl methyl sites for hydroxylation is 1. The summed E-state index contributed by atoms with van der Waals surface area (Å²) in [7, 11) is 0. The molecule has 6 nitrogen and oxygen atoms in total. The van der Waals surface area contributed by atoms with Crippen LogP contribution in [-0.4, -0.2) is 47.1 Å². The molecule has 35 heavy (non-hydrogen) atoms. The number of piperidine rings is 2. The number of alkyl halides is 2. The zero-order valence-corrected chi connectivity index (χ0v) is 21.4. The summed E-state index contributed by atoms with van der Waals surface area (Å²) in [5.41, 5.74) is 4.28. The number of aromatic nitrogens is 3. The average molecular weight is 543 g/mol. The van der Waals surface area contributed by atoms with Gasteiger partial charge in [-0.25, -0.2) is 23.7 Å². The number of pyridine rings is 1. The van der Waals surface area contributed by atoms with E-state index in [-0.39, 0.29) is 12.8 Å². The average Bonchev–Trinajstić information content (AvgIpc) is 3.57. The Kier molecular flexibility index (Phi) is 5.58. The zero-order chi connectivity index (χ0) is 24.2. The Balaban J connectivity index is 1.33. The second-order valence-electron chi connectivity index (χ2n) is 10.4. The Morgan fingerprint density at radius 3 is 2.31 bits per heavy atom. The number of halogens is 3. The van der Waals surface area contributed by atoms with Crippen molar-refractivity contribution in [2.45, 2.75) is 51.4 Å². The normalized spacial score (nSPS) is 20.9. The quantitative estimate of drug-likeness (QED) is 0.408. The molecule has 184 valence electrons. The van der Waals surface area contributed by atoms with Gasteiger partial charge in [0.2, 0.25) is 0 Å². The highest BCUT2D eigenvalue weighted by atomic mass is 79.9. The molecule has 4 heterocycles. The zero-order valence-electron chi connectivity index (χ0n) is 19.8. The number of hydrogen-bond acceptors (Lipinski definition) is 6. The lowest BCUT2D eigenvalue weighted by atomic mass is 9.93. The summed E-state index contributed by atoms with van der Waals surface area (Å²) in [6.07, 6.45) is 6.51. The third-order valence-electron chi connectivity index (χ3n) is 7.83. The summed E-state index contributed by atoms with van der Waals surface area (Å²) >= 11 is 3.67. The van der Waals surface area contributed by atoms with Crippen molar-refractivity contribution in [2.75, 3.05) is 41.3 Å². The van der Waals surface area contributed by atoms with Gasteiger partial charge in [-0.3, -0.25) is 0 Å². The van der Waals surface area contributed by atoms with Crippen molar-refractivity contribution < 1.29 is 8.78 Å². The van der Waals surface area contributed by atoms with Crippen LogP contribution in [0.5, 0.6) is 0 Å². The molecule has 0 radical (unpaired) electrons. The summed E-state index contributed by atoms with van der Waals surface area (Å²) < 4.78 is 28.3. The van der Waals surface area contributed by atoms with Crippen LogP contribution in [-0.2, 0) is 0 Å². The maximum Gasteiger partial charge on any atom is 0.251 e. The molecule has 3 aromatic rings. The van der Waals surface area contributed by atoms with Gasteiger partial charge in [-0.1, -0.05) is 15.9 Å². The van der Waals surface area contributed by atoms with Crippen LogP contribution >= 0.6 is 15.9 Å². The molecule has 1 aliphatic carbocycles. The van der Waals surface area contributed by atoms with Crippen molar-refractivity contribution >= 4 is 49.8 Å². The summed E-state index contributed by atoms with van der Waals surface area (Å²) in [4.78, 5) is 18.2. The van der Waals surface area contributed by atoms with E-state index >= 15 is 0 Å². The molecule has 6 rings (SSSR count). The van der Waals surface area contributed by atoms with Crippen molar-refractivity contribution in [1.29, 1.82) is 0 Å². The van der Waals surface area contributed by atoms with Crippen LogP contribution in [0.1, 0.15) is 44.2 Å². The summed E-state index contributed by atoms with van der Waals surface area (Å²) in [5.74, 6) is -1.12. The van der Waals surface area contributed by atoms with Crippen LogP contribution in [0.25, 0.3) is 10.9 Å². The fourth-order valence-electron chi connectivity index (χ4n) is 5.46. The lowest BCUT2D eigenvalue weighted by Crippen LogP contribution is -2.39. The van der Waals surface area contributed by atoms with Crippen LogP contribution in [0.3, 0.4) is 0 Å². The second kappa shape index (κ2) is 8.54. The topological polar surface area (TPSA) is 57.2 Å². The van der Waals surface area contributed by atoms with E-state index < -0.39 is 5.92 Å². The predicted molar refractivity (Wildman–Crippen MR) is 139 cm³/mol. The first kappa shape index (κ1) is 22.9. The molecular formula is C26H29BrF2N6. The number of anilines is 4. The first-order valence-electron chi connectivity index (χ1n) is 12.4. The maximum atomic E-state index is 13.7. The third-order valence-corrected chi connectivity index (χ3v) is 8.28. The predicted octanol–water partition coefficient (Wildman–Crippen LogP) is 6.46. The minimum atomic E-state index is -2.58. The van der Waals surface area contributed by atoms with Gasteiger partial charge < -0.3 is 15.1 Å². The highest BCUT2D eigenvalue weighted by Gasteiger charge is 2.44.